The minimum atomic E-state index is -0.0590. The Morgan fingerprint density at radius 2 is 1.55 bits per heavy atom. The van der Waals surface area contributed by atoms with E-state index in [1.807, 2.05) is 6.92 Å². The molecule has 1 aliphatic rings. The van der Waals surface area contributed by atoms with Crippen LogP contribution in [-0.4, -0.2) is 15.7 Å². The van der Waals surface area contributed by atoms with Crippen molar-refractivity contribution in [3.8, 4) is 0 Å². The quantitative estimate of drug-likeness (QED) is 0.393. The van der Waals surface area contributed by atoms with Crippen LogP contribution in [0, 0.1) is 0 Å². The SMILES string of the molecule is [B]C(C)C1([B])CCCCCC1. The standard InChI is InChI=1S/C9H16B2/c1-8(10)9(11)6-4-2-3-5-7-9/h8H,2-7H2,1H3. The van der Waals surface area contributed by atoms with Crippen LogP contribution >= 0.6 is 0 Å². The van der Waals surface area contributed by atoms with Crippen LogP contribution in [-0.2, 0) is 0 Å². The van der Waals surface area contributed by atoms with Gasteiger partial charge in [-0.3, -0.25) is 0 Å². The molecule has 0 nitrogen and oxygen atoms in total. The van der Waals surface area contributed by atoms with Crippen LogP contribution in [0.25, 0.3) is 0 Å². The summed E-state index contributed by atoms with van der Waals surface area (Å²) in [7, 11) is 12.0. The maximum absolute atomic E-state index is 6.18. The van der Waals surface area contributed by atoms with Gasteiger partial charge in [0.25, 0.3) is 0 Å². The fourth-order valence-corrected chi connectivity index (χ4v) is 1.84. The highest BCUT2D eigenvalue weighted by molar-refractivity contribution is 6.23. The molecule has 1 aliphatic carbocycles. The lowest BCUT2D eigenvalue weighted by Gasteiger charge is -2.33. The molecule has 0 aromatic carbocycles. The van der Waals surface area contributed by atoms with Crippen molar-refractivity contribution in [2.45, 2.75) is 56.6 Å². The van der Waals surface area contributed by atoms with Crippen molar-refractivity contribution in [2.75, 3.05) is 0 Å². The van der Waals surface area contributed by atoms with Crippen molar-refractivity contribution in [1.29, 1.82) is 0 Å². The molecular weight excluding hydrogens is 130 g/mol. The van der Waals surface area contributed by atoms with Gasteiger partial charge in [-0.15, -0.1) is 0 Å². The number of hydrogen-bond donors (Lipinski definition) is 0. The molecule has 4 radical (unpaired) electrons. The van der Waals surface area contributed by atoms with Gasteiger partial charge >= 0.3 is 0 Å². The molecule has 0 saturated heterocycles. The fraction of sp³-hybridized carbons (Fsp3) is 1.00. The van der Waals surface area contributed by atoms with Crippen LogP contribution in [0.1, 0.15) is 45.4 Å². The van der Waals surface area contributed by atoms with Gasteiger partial charge in [-0.2, -0.15) is 0 Å². The van der Waals surface area contributed by atoms with Gasteiger partial charge in [0.15, 0.2) is 0 Å². The van der Waals surface area contributed by atoms with Gasteiger partial charge in [0.2, 0.25) is 0 Å². The molecule has 0 N–H and O–H groups in total. The summed E-state index contributed by atoms with van der Waals surface area (Å²) < 4.78 is 0. The molecular formula is C9H16B2. The third-order valence-electron chi connectivity index (χ3n) is 2.94. The molecule has 0 aliphatic heterocycles. The van der Waals surface area contributed by atoms with Crippen molar-refractivity contribution in [2.24, 2.45) is 0 Å². The van der Waals surface area contributed by atoms with E-state index in [2.05, 4.69) is 0 Å². The van der Waals surface area contributed by atoms with Crippen molar-refractivity contribution in [3.05, 3.63) is 0 Å². The van der Waals surface area contributed by atoms with Crippen LogP contribution in [0.5, 0.6) is 0 Å². The molecule has 0 spiro atoms. The third-order valence-corrected chi connectivity index (χ3v) is 2.94. The van der Waals surface area contributed by atoms with Crippen molar-refractivity contribution >= 4 is 15.7 Å². The summed E-state index contributed by atoms with van der Waals surface area (Å²) in [4.78, 5) is 0. The van der Waals surface area contributed by atoms with E-state index in [9.17, 15) is 0 Å². The van der Waals surface area contributed by atoms with Crippen molar-refractivity contribution in [3.63, 3.8) is 0 Å². The molecule has 0 amide bonds. The van der Waals surface area contributed by atoms with E-state index < -0.39 is 0 Å². The zero-order valence-corrected chi connectivity index (χ0v) is 7.47. The Morgan fingerprint density at radius 3 is 1.91 bits per heavy atom. The molecule has 0 heterocycles. The molecule has 1 atom stereocenters. The van der Waals surface area contributed by atoms with Gasteiger partial charge in [0.05, 0.1) is 15.7 Å². The van der Waals surface area contributed by atoms with Gasteiger partial charge < -0.3 is 0 Å². The van der Waals surface area contributed by atoms with Crippen LogP contribution in [0.4, 0.5) is 0 Å². The first-order chi connectivity index (χ1) is 5.15. The average Bonchev–Trinajstić information content (AvgIpc) is 2.15. The Morgan fingerprint density at radius 1 is 1.09 bits per heavy atom. The van der Waals surface area contributed by atoms with Gasteiger partial charge in [-0.25, -0.2) is 0 Å². The van der Waals surface area contributed by atoms with E-state index >= 15 is 0 Å². The van der Waals surface area contributed by atoms with E-state index in [-0.39, 0.29) is 11.1 Å². The maximum atomic E-state index is 6.18. The molecule has 58 valence electrons. The van der Waals surface area contributed by atoms with E-state index in [0.29, 0.717) is 0 Å². The smallest absolute Gasteiger partial charge is 0.0739 e. The first-order valence-corrected chi connectivity index (χ1v) is 4.70. The monoisotopic (exact) mass is 146 g/mol. The van der Waals surface area contributed by atoms with Crippen LogP contribution < -0.4 is 0 Å². The zero-order chi connectivity index (χ0) is 8.32. The topological polar surface area (TPSA) is 0 Å². The normalized spacial score (nSPS) is 27.4. The molecule has 0 aromatic rings. The highest BCUT2D eigenvalue weighted by atomic mass is 14.3. The number of hydrogen-bond acceptors (Lipinski definition) is 0. The average molecular weight is 146 g/mol. The van der Waals surface area contributed by atoms with Gasteiger partial charge in [-0.05, 0) is 0 Å². The van der Waals surface area contributed by atoms with E-state index in [0.717, 1.165) is 12.8 Å². The van der Waals surface area contributed by atoms with Crippen molar-refractivity contribution < 1.29 is 0 Å². The predicted octanol–water partition coefficient (Wildman–Crippen LogP) is 2.64. The van der Waals surface area contributed by atoms with Gasteiger partial charge in [0.1, 0.15) is 0 Å². The molecule has 1 unspecified atom stereocenters. The lowest BCUT2D eigenvalue weighted by Crippen LogP contribution is -2.17. The summed E-state index contributed by atoms with van der Waals surface area (Å²) in [5.74, 6) is 0.153. The molecule has 2 heteroatoms. The fourth-order valence-electron chi connectivity index (χ4n) is 1.84. The second-order valence-electron chi connectivity index (χ2n) is 3.94. The minimum Gasteiger partial charge on any atom is -0.0823 e. The maximum Gasteiger partial charge on any atom is 0.0739 e. The highest BCUT2D eigenvalue weighted by Crippen LogP contribution is 2.46. The van der Waals surface area contributed by atoms with Crippen LogP contribution in [0.15, 0.2) is 0 Å². The highest BCUT2D eigenvalue weighted by Gasteiger charge is 2.27. The van der Waals surface area contributed by atoms with Crippen LogP contribution in [0.3, 0.4) is 0 Å². The zero-order valence-electron chi connectivity index (χ0n) is 7.47. The summed E-state index contributed by atoms with van der Waals surface area (Å²) in [5, 5.41) is -0.0590. The van der Waals surface area contributed by atoms with Gasteiger partial charge in [-0.1, -0.05) is 56.6 Å². The van der Waals surface area contributed by atoms with E-state index in [1.54, 1.807) is 0 Å². The first-order valence-electron chi connectivity index (χ1n) is 4.70. The minimum absolute atomic E-state index is 0.0590. The van der Waals surface area contributed by atoms with E-state index in [1.165, 1.54) is 25.7 Å². The Labute approximate surface area is 73.0 Å². The molecule has 0 bridgehead atoms. The Bertz CT molecular complexity index is 113. The molecule has 0 aromatic heterocycles. The van der Waals surface area contributed by atoms with Crippen LogP contribution in [0.2, 0.25) is 11.1 Å². The summed E-state index contributed by atoms with van der Waals surface area (Å²) in [6, 6.07) is 0. The third kappa shape index (κ3) is 2.28. The largest absolute Gasteiger partial charge is 0.0823 e. The Balaban J connectivity index is 2.52. The lowest BCUT2D eigenvalue weighted by atomic mass is 9.51. The van der Waals surface area contributed by atoms with Crippen molar-refractivity contribution in [1.82, 2.24) is 0 Å². The number of rotatable bonds is 1. The summed E-state index contributed by atoms with van der Waals surface area (Å²) >= 11 is 0. The molecule has 11 heavy (non-hydrogen) atoms. The molecule has 1 rings (SSSR count). The molecule has 1 saturated carbocycles. The summed E-state index contributed by atoms with van der Waals surface area (Å²) in [6.07, 6.45) is 7.43. The molecule has 1 fully saturated rings. The van der Waals surface area contributed by atoms with Gasteiger partial charge in [0, 0.05) is 0 Å². The summed E-state index contributed by atoms with van der Waals surface area (Å²) in [6.45, 7) is 2.03. The predicted molar refractivity (Wildman–Crippen MR) is 51.3 cm³/mol. The lowest BCUT2D eigenvalue weighted by molar-refractivity contribution is 0.472. The second kappa shape index (κ2) is 3.69. The van der Waals surface area contributed by atoms with E-state index in [4.69, 9.17) is 15.7 Å². The Hall–Kier alpha value is 0.130. The summed E-state index contributed by atoms with van der Waals surface area (Å²) in [5.41, 5.74) is 0. The first kappa shape index (κ1) is 9.22. The Kier molecular flexibility index (Phi) is 3.09. The second-order valence-corrected chi connectivity index (χ2v) is 3.94.